The van der Waals surface area contributed by atoms with Gasteiger partial charge >= 0.3 is 5.97 Å². The molecule has 0 saturated heterocycles. The van der Waals surface area contributed by atoms with Crippen LogP contribution in [0.1, 0.15) is 42.7 Å². The number of esters is 1. The van der Waals surface area contributed by atoms with Gasteiger partial charge in [-0.1, -0.05) is 37.1 Å². The molecule has 0 radical (unpaired) electrons. The molecule has 98 valence electrons. The van der Waals surface area contributed by atoms with E-state index in [9.17, 15) is 4.79 Å². The molecule has 0 spiro atoms. The van der Waals surface area contributed by atoms with Gasteiger partial charge in [-0.05, 0) is 29.9 Å². The summed E-state index contributed by atoms with van der Waals surface area (Å²) in [5.41, 5.74) is 7.79. The SMILES string of the molecule is COC(=O)C(c1cccc(CN)c1)C1CCCC1. The maximum atomic E-state index is 12.0. The van der Waals surface area contributed by atoms with Crippen LogP contribution in [0.3, 0.4) is 0 Å². The fourth-order valence-electron chi connectivity index (χ4n) is 2.93. The van der Waals surface area contributed by atoms with Gasteiger partial charge in [0.1, 0.15) is 0 Å². The van der Waals surface area contributed by atoms with Crippen molar-refractivity contribution >= 4 is 5.97 Å². The van der Waals surface area contributed by atoms with E-state index in [1.807, 2.05) is 24.3 Å². The molecule has 0 aromatic heterocycles. The number of hydrogen-bond donors (Lipinski definition) is 1. The molecule has 1 saturated carbocycles. The lowest BCUT2D eigenvalue weighted by Crippen LogP contribution is -2.21. The Bertz CT molecular complexity index is 411. The van der Waals surface area contributed by atoms with E-state index < -0.39 is 0 Å². The van der Waals surface area contributed by atoms with E-state index in [1.54, 1.807) is 0 Å². The van der Waals surface area contributed by atoms with Crippen molar-refractivity contribution in [1.82, 2.24) is 0 Å². The van der Waals surface area contributed by atoms with Gasteiger partial charge in [-0.15, -0.1) is 0 Å². The summed E-state index contributed by atoms with van der Waals surface area (Å²) in [4.78, 5) is 12.0. The fraction of sp³-hybridized carbons (Fsp3) is 0.533. The molecule has 3 heteroatoms. The first kappa shape index (κ1) is 13.1. The average Bonchev–Trinajstić information content (AvgIpc) is 2.93. The molecule has 1 aliphatic rings. The lowest BCUT2D eigenvalue weighted by molar-refractivity contribution is -0.143. The summed E-state index contributed by atoms with van der Waals surface area (Å²) in [5, 5.41) is 0. The molecule has 1 aliphatic carbocycles. The van der Waals surface area contributed by atoms with Gasteiger partial charge in [0.2, 0.25) is 0 Å². The maximum Gasteiger partial charge on any atom is 0.313 e. The van der Waals surface area contributed by atoms with Crippen LogP contribution < -0.4 is 5.73 Å². The highest BCUT2D eigenvalue weighted by atomic mass is 16.5. The Hall–Kier alpha value is -1.35. The molecule has 0 heterocycles. The van der Waals surface area contributed by atoms with Crippen molar-refractivity contribution in [1.29, 1.82) is 0 Å². The number of carbonyl (C=O) groups excluding carboxylic acids is 1. The predicted octanol–water partition coefficient (Wildman–Crippen LogP) is 2.59. The van der Waals surface area contributed by atoms with Crippen LogP contribution in [-0.4, -0.2) is 13.1 Å². The van der Waals surface area contributed by atoms with Crippen LogP contribution in [0.5, 0.6) is 0 Å². The fourth-order valence-corrected chi connectivity index (χ4v) is 2.93. The Labute approximate surface area is 108 Å². The van der Waals surface area contributed by atoms with Crippen LogP contribution in [0.15, 0.2) is 24.3 Å². The molecule has 0 aliphatic heterocycles. The number of rotatable bonds is 4. The van der Waals surface area contributed by atoms with Crippen molar-refractivity contribution < 1.29 is 9.53 Å². The van der Waals surface area contributed by atoms with Crippen molar-refractivity contribution in [3.63, 3.8) is 0 Å². The molecule has 0 bridgehead atoms. The van der Waals surface area contributed by atoms with Crippen LogP contribution >= 0.6 is 0 Å². The van der Waals surface area contributed by atoms with Crippen molar-refractivity contribution in [2.75, 3.05) is 7.11 Å². The van der Waals surface area contributed by atoms with Crippen molar-refractivity contribution in [3.8, 4) is 0 Å². The number of nitrogens with two attached hydrogens (primary N) is 1. The Morgan fingerprint density at radius 1 is 1.44 bits per heavy atom. The topological polar surface area (TPSA) is 52.3 Å². The highest BCUT2D eigenvalue weighted by Crippen LogP contribution is 2.38. The number of benzene rings is 1. The second kappa shape index (κ2) is 6.01. The zero-order chi connectivity index (χ0) is 13.0. The summed E-state index contributed by atoms with van der Waals surface area (Å²) in [6.07, 6.45) is 4.67. The smallest absolute Gasteiger partial charge is 0.313 e. The Kier molecular flexibility index (Phi) is 4.37. The summed E-state index contributed by atoms with van der Waals surface area (Å²) >= 11 is 0. The first-order valence-corrected chi connectivity index (χ1v) is 6.63. The molecule has 1 atom stereocenters. The van der Waals surface area contributed by atoms with Crippen LogP contribution in [0.25, 0.3) is 0 Å². The molecule has 2 N–H and O–H groups in total. The summed E-state index contributed by atoms with van der Waals surface area (Å²) in [5.74, 6) is 0.186. The monoisotopic (exact) mass is 247 g/mol. The molecule has 1 aromatic rings. The van der Waals surface area contributed by atoms with Gasteiger partial charge in [-0.25, -0.2) is 0 Å². The first-order chi connectivity index (χ1) is 8.76. The molecule has 18 heavy (non-hydrogen) atoms. The Morgan fingerprint density at radius 3 is 2.78 bits per heavy atom. The van der Waals surface area contributed by atoms with Crippen molar-refractivity contribution in [3.05, 3.63) is 35.4 Å². The van der Waals surface area contributed by atoms with E-state index in [-0.39, 0.29) is 11.9 Å². The summed E-state index contributed by atoms with van der Waals surface area (Å²) in [6.45, 7) is 0.506. The van der Waals surface area contributed by atoms with Gasteiger partial charge in [0.15, 0.2) is 0 Å². The minimum absolute atomic E-state index is 0.115. The van der Waals surface area contributed by atoms with Crippen LogP contribution in [0.2, 0.25) is 0 Å². The molecule has 1 fully saturated rings. The second-order valence-corrected chi connectivity index (χ2v) is 4.99. The highest BCUT2D eigenvalue weighted by Gasteiger charge is 2.32. The largest absolute Gasteiger partial charge is 0.469 e. The van der Waals surface area contributed by atoms with E-state index in [2.05, 4.69) is 0 Å². The van der Waals surface area contributed by atoms with Crippen molar-refractivity contribution in [2.24, 2.45) is 11.7 Å². The van der Waals surface area contributed by atoms with Crippen LogP contribution in [0.4, 0.5) is 0 Å². The predicted molar refractivity (Wildman–Crippen MR) is 71.0 cm³/mol. The third kappa shape index (κ3) is 2.72. The van der Waals surface area contributed by atoms with Gasteiger partial charge in [0.05, 0.1) is 13.0 Å². The Balaban J connectivity index is 2.29. The van der Waals surface area contributed by atoms with E-state index in [4.69, 9.17) is 10.5 Å². The number of hydrogen-bond acceptors (Lipinski definition) is 3. The highest BCUT2D eigenvalue weighted by molar-refractivity contribution is 5.78. The van der Waals surface area contributed by atoms with E-state index in [0.29, 0.717) is 12.5 Å². The van der Waals surface area contributed by atoms with Crippen molar-refractivity contribution in [2.45, 2.75) is 38.1 Å². The molecule has 3 nitrogen and oxygen atoms in total. The molecule has 1 unspecified atom stereocenters. The zero-order valence-electron chi connectivity index (χ0n) is 10.9. The summed E-state index contributed by atoms with van der Waals surface area (Å²) in [7, 11) is 1.47. The molecular formula is C15H21NO2. The quantitative estimate of drug-likeness (QED) is 0.832. The number of ether oxygens (including phenoxy) is 1. The Morgan fingerprint density at radius 2 is 2.17 bits per heavy atom. The molecule has 0 amide bonds. The van der Waals surface area contributed by atoms with Crippen LogP contribution in [-0.2, 0) is 16.1 Å². The number of methoxy groups -OCH3 is 1. The first-order valence-electron chi connectivity index (χ1n) is 6.63. The average molecular weight is 247 g/mol. The maximum absolute atomic E-state index is 12.0. The van der Waals surface area contributed by atoms with E-state index in [1.165, 1.54) is 20.0 Å². The summed E-state index contributed by atoms with van der Waals surface area (Å²) in [6, 6.07) is 8.02. The standard InChI is InChI=1S/C15H21NO2/c1-18-15(17)14(12-6-2-3-7-12)13-8-4-5-11(9-13)10-16/h4-5,8-9,12,14H,2-3,6-7,10,16H2,1H3. The molecule has 1 aromatic carbocycles. The lowest BCUT2D eigenvalue weighted by atomic mass is 9.84. The normalized spacial score (nSPS) is 17.7. The van der Waals surface area contributed by atoms with Gasteiger partial charge in [0, 0.05) is 6.54 Å². The molecular weight excluding hydrogens is 226 g/mol. The van der Waals surface area contributed by atoms with Gasteiger partial charge in [-0.2, -0.15) is 0 Å². The minimum atomic E-state index is -0.121. The number of carbonyl (C=O) groups is 1. The van der Waals surface area contributed by atoms with Gasteiger partial charge in [-0.3, -0.25) is 4.79 Å². The third-order valence-corrected chi connectivity index (χ3v) is 3.87. The van der Waals surface area contributed by atoms with Gasteiger partial charge < -0.3 is 10.5 Å². The van der Waals surface area contributed by atoms with Gasteiger partial charge in [0.25, 0.3) is 0 Å². The summed E-state index contributed by atoms with van der Waals surface area (Å²) < 4.78 is 4.98. The van der Waals surface area contributed by atoms with E-state index >= 15 is 0 Å². The third-order valence-electron chi connectivity index (χ3n) is 3.87. The lowest BCUT2D eigenvalue weighted by Gasteiger charge is -2.21. The van der Waals surface area contributed by atoms with E-state index in [0.717, 1.165) is 24.0 Å². The minimum Gasteiger partial charge on any atom is -0.469 e. The zero-order valence-corrected chi connectivity index (χ0v) is 10.9. The second-order valence-electron chi connectivity index (χ2n) is 4.99. The van der Waals surface area contributed by atoms with Crippen LogP contribution in [0, 0.1) is 5.92 Å². The molecule has 2 rings (SSSR count).